The number of nitrogens with two attached hydrogens (primary N) is 1. The molecular formula is C13H17BrN6O. The van der Waals surface area contributed by atoms with Crippen LogP contribution in [-0.4, -0.2) is 27.0 Å². The molecule has 2 rings (SSSR count). The van der Waals surface area contributed by atoms with E-state index in [2.05, 4.69) is 36.6 Å². The number of unbranched alkanes of at least 4 members (excludes halogenated alkanes) is 1. The second kappa shape index (κ2) is 7.75. The fourth-order valence-electron chi connectivity index (χ4n) is 1.86. The van der Waals surface area contributed by atoms with E-state index in [9.17, 15) is 4.79 Å². The molecule has 0 radical (unpaired) electrons. The Morgan fingerprint density at radius 3 is 3.00 bits per heavy atom. The van der Waals surface area contributed by atoms with Crippen molar-refractivity contribution in [2.45, 2.75) is 19.4 Å². The van der Waals surface area contributed by atoms with Gasteiger partial charge in [-0.15, -0.1) is 0 Å². The highest BCUT2D eigenvalue weighted by molar-refractivity contribution is 9.10. The first-order valence-corrected chi connectivity index (χ1v) is 7.36. The van der Waals surface area contributed by atoms with Gasteiger partial charge < -0.3 is 15.3 Å². The second-order valence-corrected chi connectivity index (χ2v) is 5.37. The lowest BCUT2D eigenvalue weighted by Gasteiger charge is -2.09. The van der Waals surface area contributed by atoms with Gasteiger partial charge in [0.2, 0.25) is 0 Å². The molecule has 0 aliphatic heterocycles. The van der Waals surface area contributed by atoms with Crippen LogP contribution in [0.25, 0.3) is 0 Å². The van der Waals surface area contributed by atoms with Crippen LogP contribution < -0.4 is 16.6 Å². The van der Waals surface area contributed by atoms with Gasteiger partial charge in [-0.25, -0.2) is 15.8 Å². The standard InChI is InChI=1S/C13H17BrN6O/c14-10-7-11(12(19-15)18-8-10)13(21)17-3-1-2-5-20-6-4-16-9-20/h4,6-9H,1-3,5,15H2,(H,17,21)(H,18,19). The van der Waals surface area contributed by atoms with E-state index in [1.807, 2.05) is 10.8 Å². The second-order valence-electron chi connectivity index (χ2n) is 4.46. The van der Waals surface area contributed by atoms with Crippen molar-refractivity contribution in [1.29, 1.82) is 0 Å². The molecule has 0 saturated carbocycles. The Labute approximate surface area is 131 Å². The van der Waals surface area contributed by atoms with E-state index in [0.29, 0.717) is 17.9 Å². The number of nitrogens with one attached hydrogen (secondary N) is 2. The zero-order valence-electron chi connectivity index (χ0n) is 11.4. The Bertz CT molecular complexity index is 586. The van der Waals surface area contributed by atoms with Crippen molar-refractivity contribution >= 4 is 27.7 Å². The number of hydrazine groups is 1. The van der Waals surface area contributed by atoms with Crippen molar-refractivity contribution in [1.82, 2.24) is 19.9 Å². The van der Waals surface area contributed by atoms with Gasteiger partial charge in [-0.3, -0.25) is 4.79 Å². The summed E-state index contributed by atoms with van der Waals surface area (Å²) < 4.78 is 2.74. The van der Waals surface area contributed by atoms with E-state index < -0.39 is 0 Å². The molecule has 0 unspecified atom stereocenters. The van der Waals surface area contributed by atoms with Gasteiger partial charge in [0, 0.05) is 36.2 Å². The Hall–Kier alpha value is -1.93. The Balaban J connectivity index is 1.78. The quantitative estimate of drug-likeness (QED) is 0.398. The summed E-state index contributed by atoms with van der Waals surface area (Å²) in [6.45, 7) is 1.49. The molecule has 2 aromatic heterocycles. The molecule has 0 spiro atoms. The number of imidazole rings is 1. The first-order chi connectivity index (χ1) is 10.2. The van der Waals surface area contributed by atoms with Gasteiger partial charge in [0.25, 0.3) is 5.91 Å². The lowest BCUT2D eigenvalue weighted by molar-refractivity contribution is 0.0953. The first kappa shape index (κ1) is 15.5. The van der Waals surface area contributed by atoms with E-state index >= 15 is 0 Å². The number of amides is 1. The highest BCUT2D eigenvalue weighted by Crippen LogP contribution is 2.17. The Morgan fingerprint density at radius 1 is 1.43 bits per heavy atom. The lowest BCUT2D eigenvalue weighted by Crippen LogP contribution is -2.26. The van der Waals surface area contributed by atoms with E-state index in [1.165, 1.54) is 0 Å². The number of halogens is 1. The zero-order chi connectivity index (χ0) is 15.1. The number of aryl methyl sites for hydroxylation is 1. The molecule has 0 atom stereocenters. The summed E-state index contributed by atoms with van der Waals surface area (Å²) >= 11 is 3.29. The molecule has 4 N–H and O–H groups in total. The third-order valence-corrected chi connectivity index (χ3v) is 3.36. The molecular weight excluding hydrogens is 336 g/mol. The van der Waals surface area contributed by atoms with Crippen LogP contribution in [0.15, 0.2) is 35.5 Å². The molecule has 21 heavy (non-hydrogen) atoms. The number of nitrogens with zero attached hydrogens (tertiary/aromatic N) is 3. The number of nitrogen functional groups attached to an aromatic ring is 1. The van der Waals surface area contributed by atoms with Gasteiger partial charge >= 0.3 is 0 Å². The topological polar surface area (TPSA) is 97.9 Å². The van der Waals surface area contributed by atoms with Crippen molar-refractivity contribution in [3.05, 3.63) is 41.0 Å². The highest BCUT2D eigenvalue weighted by atomic mass is 79.9. The van der Waals surface area contributed by atoms with E-state index in [1.54, 1.807) is 24.8 Å². The maximum atomic E-state index is 12.1. The largest absolute Gasteiger partial charge is 0.352 e. The summed E-state index contributed by atoms with van der Waals surface area (Å²) in [5.41, 5.74) is 2.84. The zero-order valence-corrected chi connectivity index (χ0v) is 13.0. The molecule has 0 aliphatic rings. The molecule has 0 saturated heterocycles. The van der Waals surface area contributed by atoms with Crippen LogP contribution in [0, 0.1) is 0 Å². The summed E-state index contributed by atoms with van der Waals surface area (Å²) in [4.78, 5) is 20.1. The third-order valence-electron chi connectivity index (χ3n) is 2.92. The summed E-state index contributed by atoms with van der Waals surface area (Å²) in [7, 11) is 0. The number of hydrogen-bond acceptors (Lipinski definition) is 5. The van der Waals surface area contributed by atoms with Crippen molar-refractivity contribution in [3.63, 3.8) is 0 Å². The molecule has 1 amide bonds. The van der Waals surface area contributed by atoms with Gasteiger partial charge in [0.05, 0.1) is 11.9 Å². The van der Waals surface area contributed by atoms with Crippen LogP contribution in [0.2, 0.25) is 0 Å². The fraction of sp³-hybridized carbons (Fsp3) is 0.308. The van der Waals surface area contributed by atoms with Crippen LogP contribution >= 0.6 is 15.9 Å². The third kappa shape index (κ3) is 4.54. The first-order valence-electron chi connectivity index (χ1n) is 6.57. The number of carbonyl (C=O) groups excluding carboxylic acids is 1. The van der Waals surface area contributed by atoms with Gasteiger partial charge in [-0.2, -0.15) is 0 Å². The smallest absolute Gasteiger partial charge is 0.255 e. The molecule has 112 valence electrons. The fourth-order valence-corrected chi connectivity index (χ4v) is 2.19. The number of hydrogen-bond donors (Lipinski definition) is 3. The van der Waals surface area contributed by atoms with Crippen LogP contribution in [0.5, 0.6) is 0 Å². The van der Waals surface area contributed by atoms with Crippen molar-refractivity contribution in [3.8, 4) is 0 Å². The van der Waals surface area contributed by atoms with Gasteiger partial charge in [-0.1, -0.05) is 0 Å². The predicted molar refractivity (Wildman–Crippen MR) is 83.5 cm³/mol. The SMILES string of the molecule is NNc1ncc(Br)cc1C(=O)NCCCCn1ccnc1. The van der Waals surface area contributed by atoms with E-state index in [4.69, 9.17) is 5.84 Å². The van der Waals surface area contributed by atoms with Crippen LogP contribution in [0.1, 0.15) is 23.2 Å². The van der Waals surface area contributed by atoms with Crippen LogP contribution in [0.4, 0.5) is 5.82 Å². The maximum Gasteiger partial charge on any atom is 0.255 e. The van der Waals surface area contributed by atoms with E-state index in [-0.39, 0.29) is 5.91 Å². The molecule has 2 aromatic rings. The summed E-state index contributed by atoms with van der Waals surface area (Å²) in [5, 5.41) is 2.86. The number of pyridine rings is 1. The average molecular weight is 353 g/mol. The minimum absolute atomic E-state index is 0.195. The minimum Gasteiger partial charge on any atom is -0.352 e. The maximum absolute atomic E-state index is 12.1. The molecule has 0 fully saturated rings. The summed E-state index contributed by atoms with van der Waals surface area (Å²) in [6, 6.07) is 1.68. The molecule has 0 bridgehead atoms. The molecule has 8 heteroatoms. The minimum atomic E-state index is -0.195. The van der Waals surface area contributed by atoms with E-state index in [0.717, 1.165) is 23.9 Å². The number of rotatable bonds is 7. The Morgan fingerprint density at radius 2 is 2.29 bits per heavy atom. The summed E-state index contributed by atoms with van der Waals surface area (Å²) in [5.74, 6) is 5.51. The van der Waals surface area contributed by atoms with Crippen molar-refractivity contribution in [2.24, 2.45) is 5.84 Å². The predicted octanol–water partition coefficient (Wildman–Crippen LogP) is 1.54. The average Bonchev–Trinajstić information content (AvgIpc) is 3.00. The monoisotopic (exact) mass is 352 g/mol. The lowest BCUT2D eigenvalue weighted by atomic mass is 10.2. The van der Waals surface area contributed by atoms with Crippen LogP contribution in [-0.2, 0) is 6.54 Å². The molecule has 0 aromatic carbocycles. The molecule has 0 aliphatic carbocycles. The number of aromatic nitrogens is 3. The highest BCUT2D eigenvalue weighted by Gasteiger charge is 2.12. The van der Waals surface area contributed by atoms with Gasteiger partial charge in [-0.05, 0) is 34.8 Å². The summed E-state index contributed by atoms with van der Waals surface area (Å²) in [6.07, 6.45) is 8.89. The van der Waals surface area contributed by atoms with Gasteiger partial charge in [0.15, 0.2) is 5.82 Å². The normalized spacial score (nSPS) is 10.4. The van der Waals surface area contributed by atoms with Crippen molar-refractivity contribution < 1.29 is 4.79 Å². The number of carbonyl (C=O) groups is 1. The molecule has 2 heterocycles. The Kier molecular flexibility index (Phi) is 5.70. The number of anilines is 1. The van der Waals surface area contributed by atoms with Crippen LogP contribution in [0.3, 0.4) is 0 Å². The molecule has 7 nitrogen and oxygen atoms in total. The van der Waals surface area contributed by atoms with Crippen molar-refractivity contribution in [2.75, 3.05) is 12.0 Å². The van der Waals surface area contributed by atoms with Gasteiger partial charge in [0.1, 0.15) is 0 Å².